The molecule has 1 fully saturated rings. The van der Waals surface area contributed by atoms with Gasteiger partial charge in [0.05, 0.1) is 25.3 Å². The van der Waals surface area contributed by atoms with Crippen LogP contribution in [-0.4, -0.2) is 49.7 Å². The summed E-state index contributed by atoms with van der Waals surface area (Å²) in [4.78, 5) is 16.6. The first-order chi connectivity index (χ1) is 9.58. The third-order valence-corrected chi connectivity index (χ3v) is 4.56. The fourth-order valence-corrected chi connectivity index (χ4v) is 3.30. The topological polar surface area (TPSA) is 67.6 Å². The van der Waals surface area contributed by atoms with Crippen LogP contribution in [0.2, 0.25) is 0 Å². The molecule has 1 aromatic heterocycles. The zero-order valence-corrected chi connectivity index (χ0v) is 12.9. The molecule has 1 aliphatic rings. The number of carbonyl (C=O) groups is 1. The highest BCUT2D eigenvalue weighted by Gasteiger charge is 2.24. The zero-order chi connectivity index (χ0) is 14.5. The monoisotopic (exact) mass is 297 g/mol. The van der Waals surface area contributed by atoms with Gasteiger partial charge < -0.3 is 15.8 Å². The van der Waals surface area contributed by atoms with Gasteiger partial charge in [-0.2, -0.15) is 0 Å². The van der Waals surface area contributed by atoms with Crippen LogP contribution in [0.1, 0.15) is 22.7 Å². The van der Waals surface area contributed by atoms with E-state index in [0.717, 1.165) is 26.3 Å². The van der Waals surface area contributed by atoms with Crippen molar-refractivity contribution in [2.45, 2.75) is 25.9 Å². The Bertz CT molecular complexity index is 441. The number of rotatable bonds is 5. The van der Waals surface area contributed by atoms with E-state index in [1.54, 1.807) is 18.3 Å². The lowest BCUT2D eigenvalue weighted by Gasteiger charge is -2.34. The molecule has 5 nitrogen and oxygen atoms in total. The molecular weight excluding hydrogens is 274 g/mol. The highest BCUT2D eigenvalue weighted by molar-refractivity contribution is 7.12. The zero-order valence-electron chi connectivity index (χ0n) is 12.1. The molecule has 2 heterocycles. The lowest BCUT2D eigenvalue weighted by molar-refractivity contribution is -0.122. The van der Waals surface area contributed by atoms with E-state index >= 15 is 0 Å². The molecule has 6 heteroatoms. The van der Waals surface area contributed by atoms with Gasteiger partial charge in [-0.3, -0.25) is 9.69 Å². The van der Waals surface area contributed by atoms with Crippen LogP contribution in [0, 0.1) is 6.92 Å². The highest BCUT2D eigenvalue weighted by Crippen LogP contribution is 2.27. The molecule has 2 rings (SSSR count). The maximum Gasteiger partial charge on any atom is 0.236 e. The van der Waals surface area contributed by atoms with Gasteiger partial charge in [0, 0.05) is 29.4 Å². The maximum absolute atomic E-state index is 11.7. The molecule has 1 aromatic rings. The second kappa shape index (κ2) is 7.17. The Kier molecular flexibility index (Phi) is 5.54. The van der Waals surface area contributed by atoms with Crippen molar-refractivity contribution in [2.24, 2.45) is 5.73 Å². The minimum Gasteiger partial charge on any atom is -0.379 e. The number of thiophene rings is 1. The second-order valence-electron chi connectivity index (χ2n) is 5.15. The van der Waals surface area contributed by atoms with Crippen molar-refractivity contribution in [3.05, 3.63) is 21.9 Å². The smallest absolute Gasteiger partial charge is 0.236 e. The van der Waals surface area contributed by atoms with Crippen LogP contribution in [0.3, 0.4) is 0 Å². The average molecular weight is 297 g/mol. The molecule has 2 unspecified atom stereocenters. The highest BCUT2D eigenvalue weighted by atomic mass is 32.1. The number of morpholine rings is 1. The first-order valence-electron chi connectivity index (χ1n) is 6.99. The Morgan fingerprint density at radius 2 is 2.20 bits per heavy atom. The number of hydrogen-bond acceptors (Lipinski definition) is 5. The van der Waals surface area contributed by atoms with E-state index in [4.69, 9.17) is 10.5 Å². The first-order valence-corrected chi connectivity index (χ1v) is 7.81. The van der Waals surface area contributed by atoms with Crippen LogP contribution in [0.15, 0.2) is 12.1 Å². The molecule has 0 saturated carbocycles. The van der Waals surface area contributed by atoms with E-state index in [9.17, 15) is 4.79 Å². The Balaban J connectivity index is 2.05. The van der Waals surface area contributed by atoms with Crippen molar-refractivity contribution in [2.75, 3.05) is 32.8 Å². The van der Waals surface area contributed by atoms with Crippen molar-refractivity contribution < 1.29 is 9.53 Å². The van der Waals surface area contributed by atoms with Crippen LogP contribution in [0.25, 0.3) is 0 Å². The number of nitrogens with zero attached hydrogens (tertiary/aromatic N) is 1. The second-order valence-corrected chi connectivity index (χ2v) is 6.47. The van der Waals surface area contributed by atoms with Crippen LogP contribution in [-0.2, 0) is 9.53 Å². The summed E-state index contributed by atoms with van der Waals surface area (Å²) in [6, 6.07) is 4.02. The Hall–Kier alpha value is -0.950. The van der Waals surface area contributed by atoms with Crippen molar-refractivity contribution >= 4 is 17.2 Å². The quantitative estimate of drug-likeness (QED) is 0.847. The fourth-order valence-electron chi connectivity index (χ4n) is 2.29. The van der Waals surface area contributed by atoms with Crippen LogP contribution in [0.5, 0.6) is 0 Å². The minimum absolute atomic E-state index is 0.100. The number of ether oxygens (including phenoxy) is 1. The minimum atomic E-state index is -0.467. The molecule has 0 spiro atoms. The molecule has 1 amide bonds. The fraction of sp³-hybridized carbons (Fsp3) is 0.643. The predicted molar refractivity (Wildman–Crippen MR) is 80.8 cm³/mol. The van der Waals surface area contributed by atoms with Gasteiger partial charge in [0.1, 0.15) is 0 Å². The Morgan fingerprint density at radius 3 is 2.75 bits per heavy atom. The number of carbonyl (C=O) groups excluding carboxylic acids is 1. The average Bonchev–Trinajstić information content (AvgIpc) is 2.86. The van der Waals surface area contributed by atoms with Crippen molar-refractivity contribution in [3.8, 4) is 0 Å². The molecule has 1 saturated heterocycles. The van der Waals surface area contributed by atoms with Crippen molar-refractivity contribution in [3.63, 3.8) is 0 Å². The van der Waals surface area contributed by atoms with Gasteiger partial charge in [-0.15, -0.1) is 11.3 Å². The van der Waals surface area contributed by atoms with Gasteiger partial charge in [0.2, 0.25) is 5.91 Å². The van der Waals surface area contributed by atoms with Gasteiger partial charge in [-0.1, -0.05) is 0 Å². The Morgan fingerprint density at radius 1 is 1.50 bits per heavy atom. The van der Waals surface area contributed by atoms with E-state index in [-0.39, 0.29) is 11.9 Å². The largest absolute Gasteiger partial charge is 0.379 e. The summed E-state index contributed by atoms with van der Waals surface area (Å²) in [7, 11) is 0. The molecule has 112 valence electrons. The summed E-state index contributed by atoms with van der Waals surface area (Å²) in [6.45, 7) is 7.70. The van der Waals surface area contributed by atoms with E-state index in [1.165, 1.54) is 9.75 Å². The summed E-state index contributed by atoms with van der Waals surface area (Å²) in [5, 5.41) is 2.95. The normalized spacial score (nSPS) is 19.6. The van der Waals surface area contributed by atoms with Crippen molar-refractivity contribution in [1.29, 1.82) is 0 Å². The molecule has 3 N–H and O–H groups in total. The molecule has 1 aliphatic heterocycles. The predicted octanol–water partition coefficient (Wildman–Crippen LogP) is 0.893. The first kappa shape index (κ1) is 15.4. The maximum atomic E-state index is 11.7. The van der Waals surface area contributed by atoms with Crippen LogP contribution < -0.4 is 11.1 Å². The van der Waals surface area contributed by atoms with Crippen LogP contribution >= 0.6 is 11.3 Å². The molecule has 0 aliphatic carbocycles. The summed E-state index contributed by atoms with van der Waals surface area (Å²) in [6.07, 6.45) is 0. The summed E-state index contributed by atoms with van der Waals surface area (Å²) in [5.74, 6) is -0.100. The molecular formula is C14H23N3O2S. The van der Waals surface area contributed by atoms with Crippen molar-refractivity contribution in [1.82, 2.24) is 10.2 Å². The SMILES string of the molecule is Cc1ccc(C(CNC(=O)C(C)N)N2CCOCC2)s1. The Labute approximate surface area is 124 Å². The van der Waals surface area contributed by atoms with Gasteiger partial charge in [-0.05, 0) is 26.0 Å². The molecule has 2 atom stereocenters. The van der Waals surface area contributed by atoms with Gasteiger partial charge in [0.15, 0.2) is 0 Å². The molecule has 0 radical (unpaired) electrons. The number of nitrogens with two attached hydrogens (primary N) is 1. The van der Waals surface area contributed by atoms with E-state index in [1.807, 2.05) is 0 Å². The lowest BCUT2D eigenvalue weighted by Crippen LogP contribution is -2.46. The molecule has 20 heavy (non-hydrogen) atoms. The number of amides is 1. The van der Waals surface area contributed by atoms with E-state index < -0.39 is 6.04 Å². The third kappa shape index (κ3) is 4.02. The van der Waals surface area contributed by atoms with E-state index in [0.29, 0.717) is 6.54 Å². The summed E-state index contributed by atoms with van der Waals surface area (Å²) < 4.78 is 5.41. The third-order valence-electron chi connectivity index (χ3n) is 3.46. The lowest BCUT2D eigenvalue weighted by atomic mass is 10.1. The van der Waals surface area contributed by atoms with Crippen LogP contribution in [0.4, 0.5) is 0 Å². The molecule has 0 aromatic carbocycles. The summed E-state index contributed by atoms with van der Waals surface area (Å²) in [5.41, 5.74) is 5.60. The number of hydrogen-bond donors (Lipinski definition) is 2. The standard InChI is InChI=1S/C14H23N3O2S/c1-10-3-4-13(20-10)12(9-16-14(18)11(2)15)17-5-7-19-8-6-17/h3-4,11-12H,5-9,15H2,1-2H3,(H,16,18). The van der Waals surface area contributed by atoms with Gasteiger partial charge >= 0.3 is 0 Å². The molecule has 0 bridgehead atoms. The van der Waals surface area contributed by atoms with Gasteiger partial charge in [-0.25, -0.2) is 0 Å². The number of aryl methyl sites for hydroxylation is 1. The number of nitrogens with one attached hydrogen (secondary N) is 1. The van der Waals surface area contributed by atoms with Gasteiger partial charge in [0.25, 0.3) is 0 Å². The van der Waals surface area contributed by atoms with E-state index in [2.05, 4.69) is 29.3 Å². The summed E-state index contributed by atoms with van der Waals surface area (Å²) >= 11 is 1.78.